The van der Waals surface area contributed by atoms with Gasteiger partial charge in [-0.15, -0.1) is 0 Å². The molecule has 2 aliphatic carbocycles. The first-order valence-corrected chi connectivity index (χ1v) is 4.23. The molecule has 0 aliphatic heterocycles. The van der Waals surface area contributed by atoms with E-state index in [9.17, 15) is 5.11 Å². The van der Waals surface area contributed by atoms with Crippen molar-refractivity contribution < 1.29 is 5.11 Å². The van der Waals surface area contributed by atoms with Crippen molar-refractivity contribution in [2.45, 2.75) is 38.5 Å². The van der Waals surface area contributed by atoms with E-state index in [4.69, 9.17) is 0 Å². The van der Waals surface area contributed by atoms with Gasteiger partial charge >= 0.3 is 0 Å². The number of aliphatic hydroxyl groups excluding tert-OH is 1. The smallest absolute Gasteiger partial charge is 0.0944 e. The number of aliphatic hydroxyl groups is 1. The summed E-state index contributed by atoms with van der Waals surface area (Å²) >= 11 is 0. The van der Waals surface area contributed by atoms with Gasteiger partial charge in [-0.3, -0.25) is 0 Å². The molecule has 1 fully saturated rings. The Morgan fingerprint density at radius 3 is 2.40 bits per heavy atom. The van der Waals surface area contributed by atoms with E-state index >= 15 is 0 Å². The average molecular weight is 138 g/mol. The predicted octanol–water partition coefficient (Wildman–Crippen LogP) is 2.78. The highest BCUT2D eigenvalue weighted by Gasteiger charge is 2.39. The minimum absolute atomic E-state index is 0.264. The van der Waals surface area contributed by atoms with Gasteiger partial charge in [-0.25, -0.2) is 0 Å². The van der Waals surface area contributed by atoms with Crippen molar-refractivity contribution in [1.29, 1.82) is 0 Å². The van der Waals surface area contributed by atoms with Crippen molar-refractivity contribution in [2.75, 3.05) is 0 Å². The second kappa shape index (κ2) is 2.01. The molecule has 1 heteroatoms. The van der Waals surface area contributed by atoms with E-state index in [1.807, 2.05) is 6.08 Å². The summed E-state index contributed by atoms with van der Waals surface area (Å²) in [6, 6.07) is 0. The van der Waals surface area contributed by atoms with Crippen LogP contribution in [0.25, 0.3) is 0 Å². The summed E-state index contributed by atoms with van der Waals surface area (Å²) in [7, 11) is 0. The maximum absolute atomic E-state index is 9.54. The Hall–Kier alpha value is -0.460. The molecule has 0 atom stereocenters. The van der Waals surface area contributed by atoms with Crippen LogP contribution in [0.3, 0.4) is 0 Å². The van der Waals surface area contributed by atoms with Gasteiger partial charge in [-0.1, -0.05) is 12.8 Å². The lowest BCUT2D eigenvalue weighted by molar-refractivity contribution is 0.230. The molecule has 0 heterocycles. The quantitative estimate of drug-likeness (QED) is 0.545. The Bertz CT molecular complexity index is 164. The third-order valence-electron chi connectivity index (χ3n) is 3.06. The van der Waals surface area contributed by atoms with E-state index in [-0.39, 0.29) is 5.41 Å². The molecule has 0 aromatic rings. The van der Waals surface area contributed by atoms with Crippen molar-refractivity contribution in [1.82, 2.24) is 0 Å². The fraction of sp³-hybridized carbons (Fsp3) is 0.778. The number of allylic oxidation sites excluding steroid dienone is 2. The molecule has 0 bridgehead atoms. The van der Waals surface area contributed by atoms with Crippen molar-refractivity contribution >= 4 is 0 Å². The van der Waals surface area contributed by atoms with Crippen LogP contribution >= 0.6 is 0 Å². The van der Waals surface area contributed by atoms with E-state index in [2.05, 4.69) is 0 Å². The second-order valence-electron chi connectivity index (χ2n) is 3.62. The zero-order chi connectivity index (χ0) is 7.03. The summed E-state index contributed by atoms with van der Waals surface area (Å²) in [5, 5.41) is 9.54. The van der Waals surface area contributed by atoms with Crippen LogP contribution in [0, 0.1) is 5.41 Å². The Morgan fingerprint density at radius 2 is 1.90 bits per heavy atom. The Kier molecular flexibility index (Phi) is 1.26. The van der Waals surface area contributed by atoms with Crippen LogP contribution in [0.4, 0.5) is 0 Å². The molecule has 0 aromatic carbocycles. The van der Waals surface area contributed by atoms with Crippen LogP contribution in [0.2, 0.25) is 0 Å². The maximum atomic E-state index is 9.54. The third kappa shape index (κ3) is 0.695. The molecule has 0 saturated heterocycles. The Balaban J connectivity index is 2.21. The molecule has 0 unspecified atom stereocenters. The minimum Gasteiger partial charge on any atom is -0.512 e. The fourth-order valence-electron chi connectivity index (χ4n) is 2.39. The third-order valence-corrected chi connectivity index (χ3v) is 3.06. The first-order valence-electron chi connectivity index (χ1n) is 4.23. The Morgan fingerprint density at radius 1 is 1.20 bits per heavy atom. The molecule has 2 rings (SSSR count). The van der Waals surface area contributed by atoms with Crippen molar-refractivity contribution in [3.63, 3.8) is 0 Å². The van der Waals surface area contributed by atoms with Gasteiger partial charge in [0.25, 0.3) is 0 Å². The normalized spacial score (nSPS) is 29.4. The zero-order valence-electron chi connectivity index (χ0n) is 6.27. The van der Waals surface area contributed by atoms with Crippen LogP contribution < -0.4 is 0 Å². The highest BCUT2D eigenvalue weighted by molar-refractivity contribution is 5.14. The summed E-state index contributed by atoms with van der Waals surface area (Å²) in [6.07, 6.45) is 9.41. The van der Waals surface area contributed by atoms with Crippen molar-refractivity contribution in [2.24, 2.45) is 5.41 Å². The van der Waals surface area contributed by atoms with Gasteiger partial charge in [-0.2, -0.15) is 0 Å². The first kappa shape index (κ1) is 6.26. The van der Waals surface area contributed by atoms with Crippen molar-refractivity contribution in [3.8, 4) is 0 Å². The van der Waals surface area contributed by atoms with E-state index in [1.165, 1.54) is 32.1 Å². The molecule has 56 valence electrons. The molecule has 10 heavy (non-hydrogen) atoms. The number of hydrogen-bond donors (Lipinski definition) is 1. The van der Waals surface area contributed by atoms with E-state index < -0.39 is 0 Å². The summed E-state index contributed by atoms with van der Waals surface area (Å²) in [5.41, 5.74) is 0.264. The van der Waals surface area contributed by atoms with Gasteiger partial charge in [0.1, 0.15) is 0 Å². The van der Waals surface area contributed by atoms with Gasteiger partial charge < -0.3 is 5.11 Å². The SMILES string of the molecule is OC1=CCCC12CCCC2. The molecule has 2 aliphatic rings. The highest BCUT2D eigenvalue weighted by Crippen LogP contribution is 2.50. The molecule has 1 spiro atoms. The number of hydrogen-bond acceptors (Lipinski definition) is 1. The van der Waals surface area contributed by atoms with Crippen LogP contribution in [0.1, 0.15) is 38.5 Å². The lowest BCUT2D eigenvalue weighted by Crippen LogP contribution is -2.14. The topological polar surface area (TPSA) is 20.2 Å². The van der Waals surface area contributed by atoms with E-state index in [0.29, 0.717) is 5.76 Å². The van der Waals surface area contributed by atoms with Gasteiger partial charge in [-0.05, 0) is 31.8 Å². The molecule has 1 nitrogen and oxygen atoms in total. The molecular formula is C9H14O. The van der Waals surface area contributed by atoms with Gasteiger partial charge in [0.05, 0.1) is 5.76 Å². The monoisotopic (exact) mass is 138 g/mol. The summed E-state index contributed by atoms with van der Waals surface area (Å²) in [5.74, 6) is 0.699. The molecule has 0 amide bonds. The second-order valence-corrected chi connectivity index (χ2v) is 3.62. The largest absolute Gasteiger partial charge is 0.512 e. The minimum atomic E-state index is 0.264. The maximum Gasteiger partial charge on any atom is 0.0944 e. The molecule has 1 saturated carbocycles. The van der Waals surface area contributed by atoms with Gasteiger partial charge in [0.15, 0.2) is 0 Å². The van der Waals surface area contributed by atoms with Crippen LogP contribution in [0.5, 0.6) is 0 Å². The predicted molar refractivity (Wildman–Crippen MR) is 40.8 cm³/mol. The molecule has 0 aromatic heterocycles. The van der Waals surface area contributed by atoms with Crippen LogP contribution in [-0.2, 0) is 0 Å². The van der Waals surface area contributed by atoms with Crippen molar-refractivity contribution in [3.05, 3.63) is 11.8 Å². The summed E-state index contributed by atoms with van der Waals surface area (Å²) < 4.78 is 0. The summed E-state index contributed by atoms with van der Waals surface area (Å²) in [4.78, 5) is 0. The standard InChI is InChI=1S/C9H14O/c10-8-4-3-7-9(8)5-1-2-6-9/h4,10H,1-3,5-7H2. The van der Waals surface area contributed by atoms with E-state index in [0.717, 1.165) is 6.42 Å². The highest BCUT2D eigenvalue weighted by atomic mass is 16.3. The average Bonchev–Trinajstić information content (AvgIpc) is 2.48. The lowest BCUT2D eigenvalue weighted by atomic mass is 9.84. The van der Waals surface area contributed by atoms with Gasteiger partial charge in [0.2, 0.25) is 0 Å². The van der Waals surface area contributed by atoms with E-state index in [1.54, 1.807) is 0 Å². The zero-order valence-corrected chi connectivity index (χ0v) is 6.27. The first-order chi connectivity index (χ1) is 4.83. The van der Waals surface area contributed by atoms with Crippen LogP contribution in [-0.4, -0.2) is 5.11 Å². The molecule has 1 N–H and O–H groups in total. The molecule has 0 radical (unpaired) electrons. The lowest BCUT2D eigenvalue weighted by Gasteiger charge is -2.22. The summed E-state index contributed by atoms with van der Waals surface area (Å²) in [6.45, 7) is 0. The van der Waals surface area contributed by atoms with Gasteiger partial charge in [0, 0.05) is 5.41 Å². The van der Waals surface area contributed by atoms with Crippen LogP contribution in [0.15, 0.2) is 11.8 Å². The number of rotatable bonds is 0. The molecular weight excluding hydrogens is 124 g/mol. The fourth-order valence-corrected chi connectivity index (χ4v) is 2.39. The Labute approximate surface area is 61.8 Å².